The van der Waals surface area contributed by atoms with Gasteiger partial charge in [0.2, 0.25) is 0 Å². The highest BCUT2D eigenvalue weighted by Gasteiger charge is 2.19. The minimum Gasteiger partial charge on any atom is -0.476 e. The predicted molar refractivity (Wildman–Crippen MR) is 69.8 cm³/mol. The summed E-state index contributed by atoms with van der Waals surface area (Å²) in [5.41, 5.74) is 2.83. The highest BCUT2D eigenvalue weighted by atomic mass is 16.4. The van der Waals surface area contributed by atoms with E-state index in [9.17, 15) is 4.79 Å². The fraction of sp³-hybridized carbons (Fsp3) is 0.286. The normalized spacial score (nSPS) is 10.9. The number of carboxylic acids is 1. The Morgan fingerprint density at radius 2 is 1.89 bits per heavy atom. The summed E-state index contributed by atoms with van der Waals surface area (Å²) in [4.78, 5) is 18.4. The second-order valence-corrected chi connectivity index (χ2v) is 4.67. The molecule has 0 atom stereocenters. The van der Waals surface area contributed by atoms with Crippen LogP contribution in [0.5, 0.6) is 0 Å². The summed E-state index contributed by atoms with van der Waals surface area (Å²) < 4.78 is 0. The maximum absolute atomic E-state index is 11.1. The van der Waals surface area contributed by atoms with Gasteiger partial charge in [-0.1, -0.05) is 43.7 Å². The zero-order chi connectivity index (χ0) is 13.3. The number of nitrogens with zero attached hydrogens (tertiary/aromatic N) is 1. The van der Waals surface area contributed by atoms with Crippen LogP contribution < -0.4 is 0 Å². The molecule has 0 aliphatic rings. The summed E-state index contributed by atoms with van der Waals surface area (Å²) in [6, 6.07) is 7.83. The van der Waals surface area contributed by atoms with Crippen LogP contribution in [0.4, 0.5) is 0 Å². The number of hydrogen-bond donors (Lipinski definition) is 2. The highest BCUT2D eigenvalue weighted by Crippen LogP contribution is 2.23. The van der Waals surface area contributed by atoms with Crippen molar-refractivity contribution in [1.82, 2.24) is 9.97 Å². The van der Waals surface area contributed by atoms with Crippen LogP contribution in [0, 0.1) is 6.92 Å². The van der Waals surface area contributed by atoms with E-state index in [1.165, 1.54) is 0 Å². The highest BCUT2D eigenvalue weighted by molar-refractivity contribution is 5.88. The monoisotopic (exact) mass is 244 g/mol. The van der Waals surface area contributed by atoms with E-state index in [1.807, 2.05) is 45.0 Å². The summed E-state index contributed by atoms with van der Waals surface area (Å²) in [5.74, 6) is -0.285. The van der Waals surface area contributed by atoms with Crippen molar-refractivity contribution in [2.45, 2.75) is 26.7 Å². The van der Waals surface area contributed by atoms with Crippen molar-refractivity contribution in [2.75, 3.05) is 0 Å². The fourth-order valence-corrected chi connectivity index (χ4v) is 1.82. The number of nitrogens with one attached hydrogen (secondary N) is 1. The van der Waals surface area contributed by atoms with Gasteiger partial charge in [0.1, 0.15) is 5.82 Å². The summed E-state index contributed by atoms with van der Waals surface area (Å²) in [7, 11) is 0. The summed E-state index contributed by atoms with van der Waals surface area (Å²) in [5, 5.41) is 9.14. The van der Waals surface area contributed by atoms with Crippen molar-refractivity contribution in [3.63, 3.8) is 0 Å². The minimum atomic E-state index is -0.992. The van der Waals surface area contributed by atoms with Gasteiger partial charge in [0.25, 0.3) is 0 Å². The second kappa shape index (κ2) is 4.64. The molecular formula is C14H16N2O2. The number of H-pyrrole nitrogens is 1. The van der Waals surface area contributed by atoms with Crippen molar-refractivity contribution in [3.05, 3.63) is 41.2 Å². The number of hydrogen-bond acceptors (Lipinski definition) is 2. The Kier molecular flexibility index (Phi) is 3.19. The van der Waals surface area contributed by atoms with Gasteiger partial charge in [0, 0.05) is 5.56 Å². The van der Waals surface area contributed by atoms with Crippen LogP contribution in [0.3, 0.4) is 0 Å². The number of carbonyl (C=O) groups is 1. The van der Waals surface area contributed by atoms with Crippen molar-refractivity contribution in [3.8, 4) is 11.4 Å². The van der Waals surface area contributed by atoms with Gasteiger partial charge in [-0.25, -0.2) is 9.78 Å². The molecule has 0 unspecified atom stereocenters. The van der Waals surface area contributed by atoms with E-state index in [0.29, 0.717) is 11.5 Å². The number of aromatic nitrogens is 2. The topological polar surface area (TPSA) is 66.0 Å². The number of benzene rings is 1. The first-order valence-electron chi connectivity index (χ1n) is 5.89. The van der Waals surface area contributed by atoms with Crippen LogP contribution in [0.2, 0.25) is 0 Å². The van der Waals surface area contributed by atoms with Crippen LogP contribution in [0.1, 0.15) is 41.5 Å². The molecule has 4 nitrogen and oxygen atoms in total. The molecule has 0 bridgehead atoms. The molecule has 0 fully saturated rings. The van der Waals surface area contributed by atoms with Crippen LogP contribution in [0.25, 0.3) is 11.4 Å². The van der Waals surface area contributed by atoms with E-state index < -0.39 is 5.97 Å². The molecule has 94 valence electrons. The van der Waals surface area contributed by atoms with Crippen molar-refractivity contribution < 1.29 is 9.90 Å². The van der Waals surface area contributed by atoms with Gasteiger partial charge in [0.15, 0.2) is 5.69 Å². The van der Waals surface area contributed by atoms with E-state index >= 15 is 0 Å². The van der Waals surface area contributed by atoms with E-state index in [4.69, 9.17) is 5.11 Å². The average molecular weight is 244 g/mol. The Labute approximate surface area is 106 Å². The number of rotatable bonds is 3. The van der Waals surface area contributed by atoms with Crippen LogP contribution >= 0.6 is 0 Å². The molecule has 0 saturated heterocycles. The standard InChI is InChI=1S/C14H16N2O2/c1-8(2)11-12(14(17)18)16-13(15-11)10-6-4-9(3)5-7-10/h4-8H,1-3H3,(H,15,16)(H,17,18). The van der Waals surface area contributed by atoms with Gasteiger partial charge < -0.3 is 10.1 Å². The molecule has 0 saturated carbocycles. The molecule has 4 heteroatoms. The number of aromatic amines is 1. The number of imidazole rings is 1. The van der Waals surface area contributed by atoms with Crippen molar-refractivity contribution in [1.29, 1.82) is 0 Å². The van der Waals surface area contributed by atoms with Gasteiger partial charge in [-0.05, 0) is 12.8 Å². The first-order chi connectivity index (χ1) is 8.49. The fourth-order valence-electron chi connectivity index (χ4n) is 1.82. The molecule has 1 aromatic carbocycles. The lowest BCUT2D eigenvalue weighted by atomic mass is 10.1. The number of aromatic carboxylic acids is 1. The van der Waals surface area contributed by atoms with Crippen LogP contribution in [-0.4, -0.2) is 21.0 Å². The maximum Gasteiger partial charge on any atom is 0.356 e. The van der Waals surface area contributed by atoms with Crippen molar-refractivity contribution in [2.24, 2.45) is 0 Å². The second-order valence-electron chi connectivity index (χ2n) is 4.67. The molecule has 0 amide bonds. The third-order valence-electron chi connectivity index (χ3n) is 2.84. The molecule has 0 aliphatic carbocycles. The molecule has 2 rings (SSSR count). The predicted octanol–water partition coefficient (Wildman–Crippen LogP) is 3.21. The Morgan fingerprint density at radius 3 is 2.33 bits per heavy atom. The zero-order valence-corrected chi connectivity index (χ0v) is 10.7. The van der Waals surface area contributed by atoms with Gasteiger partial charge in [-0.2, -0.15) is 0 Å². The molecule has 0 spiro atoms. The first kappa shape index (κ1) is 12.4. The van der Waals surface area contributed by atoms with E-state index in [1.54, 1.807) is 0 Å². The molecule has 2 N–H and O–H groups in total. The lowest BCUT2D eigenvalue weighted by Crippen LogP contribution is -2.02. The lowest BCUT2D eigenvalue weighted by molar-refractivity contribution is 0.0689. The summed E-state index contributed by atoms with van der Waals surface area (Å²) in [6.07, 6.45) is 0. The SMILES string of the molecule is Cc1ccc(-c2nc(C(=O)O)c(C(C)C)[nH]2)cc1. The molecule has 18 heavy (non-hydrogen) atoms. The Balaban J connectivity index is 2.49. The molecule has 2 aromatic rings. The van der Waals surface area contributed by atoms with E-state index in [0.717, 1.165) is 11.1 Å². The Morgan fingerprint density at radius 1 is 1.28 bits per heavy atom. The van der Waals surface area contributed by atoms with Crippen LogP contribution in [-0.2, 0) is 0 Å². The Bertz CT molecular complexity index is 568. The largest absolute Gasteiger partial charge is 0.476 e. The third-order valence-corrected chi connectivity index (χ3v) is 2.84. The lowest BCUT2D eigenvalue weighted by Gasteiger charge is -2.01. The van der Waals surface area contributed by atoms with Gasteiger partial charge in [-0.15, -0.1) is 0 Å². The smallest absolute Gasteiger partial charge is 0.356 e. The molecule has 1 heterocycles. The summed E-state index contributed by atoms with van der Waals surface area (Å²) >= 11 is 0. The van der Waals surface area contributed by atoms with Crippen molar-refractivity contribution >= 4 is 5.97 Å². The Hall–Kier alpha value is -2.10. The van der Waals surface area contributed by atoms with E-state index in [2.05, 4.69) is 9.97 Å². The summed E-state index contributed by atoms with van der Waals surface area (Å²) in [6.45, 7) is 5.89. The third kappa shape index (κ3) is 2.27. The molecule has 1 aromatic heterocycles. The zero-order valence-electron chi connectivity index (χ0n) is 10.7. The molecule has 0 aliphatic heterocycles. The molecule has 0 radical (unpaired) electrons. The quantitative estimate of drug-likeness (QED) is 0.871. The van der Waals surface area contributed by atoms with Gasteiger partial charge >= 0.3 is 5.97 Å². The van der Waals surface area contributed by atoms with E-state index in [-0.39, 0.29) is 11.6 Å². The van der Waals surface area contributed by atoms with Crippen LogP contribution in [0.15, 0.2) is 24.3 Å². The number of aryl methyl sites for hydroxylation is 1. The first-order valence-corrected chi connectivity index (χ1v) is 5.89. The molecular weight excluding hydrogens is 228 g/mol. The number of carboxylic acid groups (broad SMARTS) is 1. The maximum atomic E-state index is 11.1. The van der Waals surface area contributed by atoms with Gasteiger partial charge in [0.05, 0.1) is 5.69 Å². The van der Waals surface area contributed by atoms with Gasteiger partial charge in [-0.3, -0.25) is 0 Å². The minimum absolute atomic E-state index is 0.0998. The average Bonchev–Trinajstić information content (AvgIpc) is 2.75.